The summed E-state index contributed by atoms with van der Waals surface area (Å²) in [6.07, 6.45) is 4.21. The predicted molar refractivity (Wildman–Crippen MR) is 121 cm³/mol. The highest BCUT2D eigenvalue weighted by atomic mass is 35.5. The molecule has 2 rings (SSSR count). The lowest BCUT2D eigenvalue weighted by molar-refractivity contribution is -0.145. The molecular formula is C21H26Cl2N2O4S. The van der Waals surface area contributed by atoms with E-state index in [9.17, 15) is 14.4 Å². The van der Waals surface area contributed by atoms with Crippen LogP contribution in [0.2, 0.25) is 10.0 Å². The third-order valence-electron chi connectivity index (χ3n) is 4.87. The van der Waals surface area contributed by atoms with Gasteiger partial charge in [-0.1, -0.05) is 36.2 Å². The van der Waals surface area contributed by atoms with Crippen LogP contribution in [0.15, 0.2) is 23.1 Å². The van der Waals surface area contributed by atoms with Crippen molar-refractivity contribution in [2.45, 2.75) is 37.6 Å². The van der Waals surface area contributed by atoms with Gasteiger partial charge in [0.2, 0.25) is 11.8 Å². The maximum atomic E-state index is 12.5. The number of amides is 2. The van der Waals surface area contributed by atoms with E-state index >= 15 is 0 Å². The van der Waals surface area contributed by atoms with Gasteiger partial charge < -0.3 is 15.0 Å². The second-order valence-electron chi connectivity index (χ2n) is 6.90. The summed E-state index contributed by atoms with van der Waals surface area (Å²) < 4.78 is 4.61. The highest BCUT2D eigenvalue weighted by Crippen LogP contribution is 2.35. The van der Waals surface area contributed by atoms with Crippen molar-refractivity contribution in [1.29, 1.82) is 0 Å². The molecule has 0 radical (unpaired) electrons. The van der Waals surface area contributed by atoms with Crippen LogP contribution in [0.1, 0.15) is 32.3 Å². The van der Waals surface area contributed by atoms with Gasteiger partial charge in [-0.05, 0) is 43.2 Å². The number of nitrogens with one attached hydrogen (secondary N) is 1. The van der Waals surface area contributed by atoms with Crippen molar-refractivity contribution in [1.82, 2.24) is 10.2 Å². The topological polar surface area (TPSA) is 75.7 Å². The van der Waals surface area contributed by atoms with E-state index in [2.05, 4.69) is 10.1 Å². The number of ether oxygens (including phenoxy) is 1. The molecule has 0 spiro atoms. The number of halogens is 2. The summed E-state index contributed by atoms with van der Waals surface area (Å²) in [5.74, 6) is -0.166. The summed E-state index contributed by atoms with van der Waals surface area (Å²) in [6.45, 7) is 4.55. The lowest BCUT2D eigenvalue weighted by Gasteiger charge is -2.31. The van der Waals surface area contributed by atoms with Gasteiger partial charge in [0.1, 0.15) is 6.04 Å². The van der Waals surface area contributed by atoms with Gasteiger partial charge in [0.05, 0.1) is 17.2 Å². The van der Waals surface area contributed by atoms with Crippen molar-refractivity contribution in [3.63, 3.8) is 0 Å². The highest BCUT2D eigenvalue weighted by Gasteiger charge is 2.28. The average molecular weight is 473 g/mol. The molecule has 9 heteroatoms. The van der Waals surface area contributed by atoms with Gasteiger partial charge in [0.15, 0.2) is 0 Å². The van der Waals surface area contributed by atoms with Gasteiger partial charge >= 0.3 is 5.97 Å². The van der Waals surface area contributed by atoms with Gasteiger partial charge in [0.25, 0.3) is 0 Å². The minimum Gasteiger partial charge on any atom is -0.467 e. The minimum atomic E-state index is -0.691. The van der Waals surface area contributed by atoms with Crippen LogP contribution >= 0.6 is 35.0 Å². The van der Waals surface area contributed by atoms with Crippen LogP contribution in [-0.2, 0) is 19.1 Å². The number of carbonyl (C=O) groups excluding carboxylic acids is 3. The molecule has 1 atom stereocenters. The normalized spacial score (nSPS) is 15.8. The van der Waals surface area contributed by atoms with Crippen LogP contribution in [0.5, 0.6) is 0 Å². The van der Waals surface area contributed by atoms with Crippen molar-refractivity contribution in [2.75, 3.05) is 26.0 Å². The van der Waals surface area contributed by atoms with Crippen molar-refractivity contribution < 1.29 is 19.1 Å². The third kappa shape index (κ3) is 6.40. The summed E-state index contributed by atoms with van der Waals surface area (Å²) in [6, 6.07) is 3.05. The molecular weight excluding hydrogens is 447 g/mol. The number of piperidine rings is 1. The average Bonchev–Trinajstić information content (AvgIpc) is 2.75. The van der Waals surface area contributed by atoms with Crippen LogP contribution in [0, 0.1) is 5.92 Å². The summed E-state index contributed by atoms with van der Waals surface area (Å²) in [5.41, 5.74) is 0.682. The van der Waals surface area contributed by atoms with Gasteiger partial charge in [-0.2, -0.15) is 0 Å². The van der Waals surface area contributed by atoms with E-state index in [0.717, 1.165) is 10.6 Å². The minimum absolute atomic E-state index is 0.143. The van der Waals surface area contributed by atoms with Gasteiger partial charge in [-0.15, -0.1) is 11.8 Å². The number of methoxy groups -OCH3 is 1. The molecule has 0 unspecified atom stereocenters. The largest absolute Gasteiger partial charge is 0.467 e. The lowest BCUT2D eigenvalue weighted by Crippen LogP contribution is -2.46. The third-order valence-corrected chi connectivity index (χ3v) is 6.82. The monoisotopic (exact) mass is 472 g/mol. The number of hydrogen-bond acceptors (Lipinski definition) is 5. The molecule has 1 aromatic rings. The number of esters is 1. The molecule has 0 aliphatic carbocycles. The fourth-order valence-electron chi connectivity index (χ4n) is 3.14. The van der Waals surface area contributed by atoms with E-state index in [-0.39, 0.29) is 17.7 Å². The Balaban J connectivity index is 1.91. The van der Waals surface area contributed by atoms with E-state index in [1.165, 1.54) is 13.2 Å². The standard InChI is InChI=1S/C21H26Cl2N2O4S/c1-4-30-16-7-5-14(18(22)19(16)23)6-8-17(26)25-11-9-15(10-12-25)20(27)24-13(2)21(28)29-3/h5-8,13,15H,4,9-12H2,1-3H3,(H,24,27)/b8-6+/t13-/m0/s1. The molecule has 1 heterocycles. The Bertz CT molecular complexity index is 823. The number of likely N-dealkylation sites (tertiary alicyclic amines) is 1. The van der Waals surface area contributed by atoms with Crippen molar-refractivity contribution in [2.24, 2.45) is 5.92 Å². The number of nitrogens with zero attached hydrogens (tertiary/aromatic N) is 1. The second-order valence-corrected chi connectivity index (χ2v) is 8.96. The molecule has 1 fully saturated rings. The predicted octanol–water partition coefficient (Wildman–Crippen LogP) is 4.03. The number of thioether (sulfide) groups is 1. The summed E-state index contributed by atoms with van der Waals surface area (Å²) in [4.78, 5) is 38.9. The maximum absolute atomic E-state index is 12.5. The Kier molecular flexibility index (Phi) is 9.52. The molecule has 6 nitrogen and oxygen atoms in total. The zero-order chi connectivity index (χ0) is 22.3. The van der Waals surface area contributed by atoms with Crippen molar-refractivity contribution >= 4 is 58.8 Å². The first-order valence-electron chi connectivity index (χ1n) is 9.74. The molecule has 1 aliphatic rings. The summed E-state index contributed by atoms with van der Waals surface area (Å²) >= 11 is 14.2. The van der Waals surface area contributed by atoms with E-state index in [1.54, 1.807) is 29.7 Å². The van der Waals surface area contributed by atoms with Gasteiger partial charge in [-0.3, -0.25) is 9.59 Å². The second kappa shape index (κ2) is 11.6. The van der Waals surface area contributed by atoms with E-state index in [4.69, 9.17) is 23.2 Å². The Morgan fingerprint density at radius 3 is 2.53 bits per heavy atom. The molecule has 1 saturated heterocycles. The van der Waals surface area contributed by atoms with E-state index in [0.29, 0.717) is 41.5 Å². The maximum Gasteiger partial charge on any atom is 0.328 e. The Hall–Kier alpha value is -1.70. The number of hydrogen-bond donors (Lipinski definition) is 1. The molecule has 2 amide bonds. The molecule has 1 aromatic carbocycles. The fourth-order valence-corrected chi connectivity index (χ4v) is 4.46. The molecule has 0 aromatic heterocycles. The molecule has 164 valence electrons. The summed E-state index contributed by atoms with van der Waals surface area (Å²) in [7, 11) is 1.28. The number of carbonyl (C=O) groups is 3. The Morgan fingerprint density at radius 2 is 1.93 bits per heavy atom. The van der Waals surface area contributed by atoms with E-state index < -0.39 is 12.0 Å². The van der Waals surface area contributed by atoms with E-state index in [1.807, 2.05) is 19.1 Å². The summed E-state index contributed by atoms with van der Waals surface area (Å²) in [5, 5.41) is 3.57. The van der Waals surface area contributed by atoms with Crippen LogP contribution in [-0.4, -0.2) is 54.7 Å². The van der Waals surface area contributed by atoms with Crippen molar-refractivity contribution in [3.05, 3.63) is 33.8 Å². The number of rotatable bonds is 7. The van der Waals surface area contributed by atoms with Crippen molar-refractivity contribution in [3.8, 4) is 0 Å². The molecule has 1 aliphatic heterocycles. The van der Waals surface area contributed by atoms with Crippen LogP contribution in [0.25, 0.3) is 6.08 Å². The van der Waals surface area contributed by atoms with Crippen LogP contribution in [0.4, 0.5) is 0 Å². The Morgan fingerprint density at radius 1 is 1.27 bits per heavy atom. The number of benzene rings is 1. The first-order valence-corrected chi connectivity index (χ1v) is 11.5. The lowest BCUT2D eigenvalue weighted by atomic mass is 9.95. The first-order chi connectivity index (χ1) is 14.3. The zero-order valence-electron chi connectivity index (χ0n) is 17.2. The Labute approximate surface area is 191 Å². The SMILES string of the molecule is CCSc1ccc(/C=C/C(=O)N2CCC(C(=O)N[C@@H](C)C(=O)OC)CC2)c(Cl)c1Cl. The molecule has 1 N–H and O–H groups in total. The smallest absolute Gasteiger partial charge is 0.328 e. The van der Waals surface area contributed by atoms with Gasteiger partial charge in [-0.25, -0.2) is 4.79 Å². The van der Waals surface area contributed by atoms with Gasteiger partial charge in [0, 0.05) is 30.0 Å². The molecule has 30 heavy (non-hydrogen) atoms. The van der Waals surface area contributed by atoms with Crippen LogP contribution < -0.4 is 5.32 Å². The first kappa shape index (κ1) is 24.6. The van der Waals surface area contributed by atoms with Crippen LogP contribution in [0.3, 0.4) is 0 Å². The molecule has 0 saturated carbocycles. The quantitative estimate of drug-likeness (QED) is 0.368. The fraction of sp³-hybridized carbons (Fsp3) is 0.476. The highest BCUT2D eigenvalue weighted by molar-refractivity contribution is 7.99. The molecule has 0 bridgehead atoms. The zero-order valence-corrected chi connectivity index (χ0v) is 19.6.